The highest BCUT2D eigenvalue weighted by Crippen LogP contribution is 2.38. The number of hydrogen-bond acceptors (Lipinski definition) is 4. The molecule has 1 fully saturated rings. The lowest BCUT2D eigenvalue weighted by molar-refractivity contribution is -0.137. The Labute approximate surface area is 235 Å². The maximum Gasteiger partial charge on any atom is 0.417 e. The van der Waals surface area contributed by atoms with Crippen LogP contribution in [0.3, 0.4) is 0 Å². The van der Waals surface area contributed by atoms with Gasteiger partial charge >= 0.3 is 6.18 Å². The highest BCUT2D eigenvalue weighted by molar-refractivity contribution is 7.92. The zero-order chi connectivity index (χ0) is 29.1. The van der Waals surface area contributed by atoms with Gasteiger partial charge in [0.2, 0.25) is 11.8 Å². The number of alkyl halides is 3. The Kier molecular flexibility index (Phi) is 8.74. The maximum atomic E-state index is 13.6. The predicted octanol–water partition coefficient (Wildman–Crippen LogP) is 5.30. The molecule has 0 radical (unpaired) electrons. The van der Waals surface area contributed by atoms with Crippen molar-refractivity contribution >= 4 is 39.1 Å². The van der Waals surface area contributed by atoms with Crippen LogP contribution in [-0.4, -0.2) is 38.2 Å². The van der Waals surface area contributed by atoms with Crippen molar-refractivity contribution in [2.75, 3.05) is 17.4 Å². The van der Waals surface area contributed by atoms with Crippen molar-refractivity contribution in [2.45, 2.75) is 43.9 Å². The Morgan fingerprint density at radius 3 is 2.40 bits per heavy atom. The van der Waals surface area contributed by atoms with E-state index >= 15 is 0 Å². The third-order valence-corrected chi connectivity index (χ3v) is 8.58. The Morgan fingerprint density at radius 1 is 1.05 bits per heavy atom. The largest absolute Gasteiger partial charge is 0.417 e. The summed E-state index contributed by atoms with van der Waals surface area (Å²) in [5, 5.41) is 2.05. The Morgan fingerprint density at radius 2 is 1.75 bits per heavy atom. The fourth-order valence-electron chi connectivity index (χ4n) is 4.35. The number of halogens is 4. The molecule has 1 saturated heterocycles. The molecule has 2 amide bonds. The van der Waals surface area contributed by atoms with E-state index in [1.165, 1.54) is 12.1 Å². The molecule has 212 valence electrons. The second kappa shape index (κ2) is 11.9. The average Bonchev–Trinajstić information content (AvgIpc) is 3.30. The molecule has 4 rings (SSSR count). The lowest BCUT2D eigenvalue weighted by Gasteiger charge is -2.25. The van der Waals surface area contributed by atoms with Crippen LogP contribution < -0.4 is 9.62 Å². The van der Waals surface area contributed by atoms with Crippen molar-refractivity contribution in [1.29, 1.82) is 0 Å². The van der Waals surface area contributed by atoms with E-state index in [4.69, 9.17) is 11.6 Å². The van der Waals surface area contributed by atoms with Crippen molar-refractivity contribution in [1.82, 2.24) is 10.2 Å². The van der Waals surface area contributed by atoms with E-state index in [2.05, 4.69) is 5.32 Å². The topological polar surface area (TPSA) is 86.8 Å². The number of sulfonamides is 1. The Bertz CT molecular complexity index is 1510. The minimum absolute atomic E-state index is 0.0491. The Balaban J connectivity index is 1.56. The molecule has 0 unspecified atom stereocenters. The van der Waals surface area contributed by atoms with Crippen LogP contribution in [0.25, 0.3) is 0 Å². The minimum Gasteiger partial charge on any atom is -0.350 e. The molecule has 3 aromatic rings. The number of nitrogens with one attached hydrogen (secondary N) is 1. The standard InChI is InChI=1S/C28H27ClF3N3O4S/c1-19-7-10-23(11-8-19)40(38,39)35(22-9-12-25(29)24(15-22)28(30,31)32)18-26(36)33-16-20-4-2-5-21(14-20)17-34-13-3-6-27(34)37/h2,4-5,7-12,14-15H,3,6,13,16-18H2,1H3,(H,33,36). The average molecular weight is 594 g/mol. The van der Waals surface area contributed by atoms with Gasteiger partial charge in [0.05, 0.1) is 21.2 Å². The first-order valence-electron chi connectivity index (χ1n) is 12.4. The monoisotopic (exact) mass is 593 g/mol. The third kappa shape index (κ3) is 6.95. The highest BCUT2D eigenvalue weighted by Gasteiger charge is 2.35. The normalized spacial score (nSPS) is 13.9. The molecule has 0 saturated carbocycles. The number of carbonyl (C=O) groups excluding carboxylic acids is 2. The summed E-state index contributed by atoms with van der Waals surface area (Å²) in [6.07, 6.45) is -3.50. The van der Waals surface area contributed by atoms with Gasteiger partial charge < -0.3 is 10.2 Å². The minimum atomic E-state index is -4.83. The molecule has 0 aromatic heterocycles. The van der Waals surface area contributed by atoms with Gasteiger partial charge in [0.15, 0.2) is 0 Å². The molecule has 0 spiro atoms. The summed E-state index contributed by atoms with van der Waals surface area (Å²) in [7, 11) is -4.42. The fourth-order valence-corrected chi connectivity index (χ4v) is 5.99. The molecule has 0 bridgehead atoms. The van der Waals surface area contributed by atoms with Gasteiger partial charge in [-0.2, -0.15) is 13.2 Å². The summed E-state index contributed by atoms with van der Waals surface area (Å²) >= 11 is 5.74. The van der Waals surface area contributed by atoms with Crippen LogP contribution in [0.4, 0.5) is 18.9 Å². The first-order valence-corrected chi connectivity index (χ1v) is 14.2. The number of benzene rings is 3. The summed E-state index contributed by atoms with van der Waals surface area (Å²) in [5.74, 6) is -0.635. The lowest BCUT2D eigenvalue weighted by atomic mass is 10.1. The number of carbonyl (C=O) groups is 2. The molecule has 1 N–H and O–H groups in total. The second-order valence-electron chi connectivity index (χ2n) is 9.50. The van der Waals surface area contributed by atoms with Crippen molar-refractivity contribution in [3.05, 3.63) is 94.0 Å². The van der Waals surface area contributed by atoms with E-state index in [1.807, 2.05) is 12.1 Å². The fraction of sp³-hybridized carbons (Fsp3) is 0.286. The van der Waals surface area contributed by atoms with Gasteiger partial charge in [-0.3, -0.25) is 13.9 Å². The molecule has 3 aromatic carbocycles. The first-order chi connectivity index (χ1) is 18.8. The van der Waals surface area contributed by atoms with Crippen molar-refractivity contribution in [3.63, 3.8) is 0 Å². The van der Waals surface area contributed by atoms with Gasteiger partial charge in [0.1, 0.15) is 6.54 Å². The summed E-state index contributed by atoms with van der Waals surface area (Å²) in [6, 6.07) is 15.7. The van der Waals surface area contributed by atoms with Crippen molar-refractivity contribution in [2.24, 2.45) is 0 Å². The molecule has 1 heterocycles. The lowest BCUT2D eigenvalue weighted by Crippen LogP contribution is -2.40. The molecular formula is C28H27ClF3N3O4S. The molecule has 40 heavy (non-hydrogen) atoms. The number of amides is 2. The van der Waals surface area contributed by atoms with E-state index in [9.17, 15) is 31.2 Å². The SMILES string of the molecule is Cc1ccc(S(=O)(=O)N(CC(=O)NCc2cccc(CN3CCCC3=O)c2)c2ccc(Cl)c(C(F)(F)F)c2)cc1. The van der Waals surface area contributed by atoms with E-state index in [0.717, 1.165) is 35.2 Å². The first kappa shape index (κ1) is 29.4. The number of hydrogen-bond donors (Lipinski definition) is 1. The predicted molar refractivity (Wildman–Crippen MR) is 145 cm³/mol. The summed E-state index contributed by atoms with van der Waals surface area (Å²) < 4.78 is 68.4. The molecule has 12 heteroatoms. The molecule has 7 nitrogen and oxygen atoms in total. The van der Waals surface area contributed by atoms with Crippen LogP contribution in [0.1, 0.15) is 35.1 Å². The molecule has 0 atom stereocenters. The van der Waals surface area contributed by atoms with Gasteiger partial charge in [-0.05, 0) is 54.8 Å². The van der Waals surface area contributed by atoms with E-state index < -0.39 is 39.2 Å². The number of likely N-dealkylation sites (tertiary alicyclic amines) is 1. The van der Waals surface area contributed by atoms with Crippen molar-refractivity contribution in [3.8, 4) is 0 Å². The second-order valence-corrected chi connectivity index (χ2v) is 11.8. The zero-order valence-electron chi connectivity index (χ0n) is 21.5. The molecule has 1 aliphatic rings. The van der Waals surface area contributed by atoms with Crippen LogP contribution >= 0.6 is 11.6 Å². The number of rotatable bonds is 9. The maximum absolute atomic E-state index is 13.6. The number of aryl methyl sites for hydroxylation is 1. The van der Waals surface area contributed by atoms with Gasteiger partial charge in [-0.15, -0.1) is 0 Å². The number of anilines is 1. The van der Waals surface area contributed by atoms with Crippen LogP contribution in [0.15, 0.2) is 71.6 Å². The molecular weight excluding hydrogens is 567 g/mol. The Hall–Kier alpha value is -3.57. The van der Waals surface area contributed by atoms with Gasteiger partial charge in [0, 0.05) is 26.1 Å². The zero-order valence-corrected chi connectivity index (χ0v) is 23.1. The number of nitrogens with zero attached hydrogens (tertiary/aromatic N) is 2. The van der Waals surface area contributed by atoms with Crippen LogP contribution in [0, 0.1) is 6.92 Å². The van der Waals surface area contributed by atoms with E-state index in [0.29, 0.717) is 29.9 Å². The van der Waals surface area contributed by atoms with E-state index in [-0.39, 0.29) is 23.0 Å². The van der Waals surface area contributed by atoms with Crippen LogP contribution in [0.2, 0.25) is 5.02 Å². The summed E-state index contributed by atoms with van der Waals surface area (Å²) in [6.45, 7) is 2.17. The van der Waals surface area contributed by atoms with Gasteiger partial charge in [-0.25, -0.2) is 8.42 Å². The van der Waals surface area contributed by atoms with Gasteiger partial charge in [-0.1, -0.05) is 53.6 Å². The quantitative estimate of drug-likeness (QED) is 0.365. The summed E-state index contributed by atoms with van der Waals surface area (Å²) in [5.41, 5.74) is 0.808. The van der Waals surface area contributed by atoms with Gasteiger partial charge in [0.25, 0.3) is 10.0 Å². The third-order valence-electron chi connectivity index (χ3n) is 6.47. The van der Waals surface area contributed by atoms with Crippen molar-refractivity contribution < 1.29 is 31.2 Å². The van der Waals surface area contributed by atoms with Crippen LogP contribution in [-0.2, 0) is 38.9 Å². The smallest absolute Gasteiger partial charge is 0.350 e. The van der Waals surface area contributed by atoms with E-state index in [1.54, 1.807) is 36.1 Å². The summed E-state index contributed by atoms with van der Waals surface area (Å²) in [4.78, 5) is 26.5. The van der Waals surface area contributed by atoms with Crippen LogP contribution in [0.5, 0.6) is 0 Å². The highest BCUT2D eigenvalue weighted by atomic mass is 35.5. The molecule has 0 aliphatic carbocycles. The molecule has 1 aliphatic heterocycles.